The number of rotatable bonds is 5. The van der Waals surface area contributed by atoms with Crippen molar-refractivity contribution >= 4 is 0 Å². The monoisotopic (exact) mass is 147 g/mol. The molecule has 0 aliphatic rings. The summed E-state index contributed by atoms with van der Waals surface area (Å²) in [6.45, 7) is 4.69. The summed E-state index contributed by atoms with van der Waals surface area (Å²) in [4.78, 5) is 4.43. The van der Waals surface area contributed by atoms with Crippen LogP contribution in [0.15, 0.2) is 0 Å². The van der Waals surface area contributed by atoms with Gasteiger partial charge in [0.25, 0.3) is 0 Å². The van der Waals surface area contributed by atoms with Gasteiger partial charge in [-0.2, -0.15) is 0 Å². The minimum atomic E-state index is -0.0431. The lowest BCUT2D eigenvalue weighted by Gasteiger charge is -2.22. The van der Waals surface area contributed by atoms with Gasteiger partial charge in [0.05, 0.1) is 12.2 Å². The van der Waals surface area contributed by atoms with Crippen molar-refractivity contribution in [2.45, 2.75) is 32.3 Å². The SMILES string of the molecule is COC(C)(C)CCCON. The Morgan fingerprint density at radius 1 is 1.40 bits per heavy atom. The molecular formula is C7H17NO2. The molecule has 0 aliphatic carbocycles. The van der Waals surface area contributed by atoms with E-state index >= 15 is 0 Å². The molecule has 2 N–H and O–H groups in total. The molecular weight excluding hydrogens is 130 g/mol. The van der Waals surface area contributed by atoms with E-state index in [2.05, 4.69) is 4.84 Å². The molecule has 0 atom stereocenters. The van der Waals surface area contributed by atoms with Crippen LogP contribution in [0.5, 0.6) is 0 Å². The minimum Gasteiger partial charge on any atom is -0.379 e. The van der Waals surface area contributed by atoms with Gasteiger partial charge in [0, 0.05) is 7.11 Å². The molecule has 0 aromatic carbocycles. The van der Waals surface area contributed by atoms with Crippen molar-refractivity contribution in [3.8, 4) is 0 Å². The van der Waals surface area contributed by atoms with Gasteiger partial charge in [0.1, 0.15) is 0 Å². The van der Waals surface area contributed by atoms with Crippen LogP contribution < -0.4 is 5.90 Å². The summed E-state index contributed by atoms with van der Waals surface area (Å²) in [5.74, 6) is 4.86. The van der Waals surface area contributed by atoms with Gasteiger partial charge in [-0.1, -0.05) is 0 Å². The number of methoxy groups -OCH3 is 1. The first-order chi connectivity index (χ1) is 4.62. The van der Waals surface area contributed by atoms with Crippen molar-refractivity contribution in [3.05, 3.63) is 0 Å². The molecule has 0 saturated carbocycles. The first-order valence-corrected chi connectivity index (χ1v) is 3.49. The summed E-state index contributed by atoms with van der Waals surface area (Å²) in [6.07, 6.45) is 1.91. The molecule has 0 aromatic rings. The maximum atomic E-state index is 5.19. The first-order valence-electron chi connectivity index (χ1n) is 3.49. The molecule has 0 radical (unpaired) electrons. The van der Waals surface area contributed by atoms with Gasteiger partial charge in [-0.3, -0.25) is 0 Å². The van der Waals surface area contributed by atoms with E-state index in [9.17, 15) is 0 Å². The Morgan fingerprint density at radius 2 is 2.00 bits per heavy atom. The lowest BCUT2D eigenvalue weighted by molar-refractivity contribution is 0.00612. The molecule has 3 nitrogen and oxygen atoms in total. The topological polar surface area (TPSA) is 44.5 Å². The smallest absolute Gasteiger partial charge is 0.0680 e. The van der Waals surface area contributed by atoms with Gasteiger partial charge in [0.15, 0.2) is 0 Å². The summed E-state index contributed by atoms with van der Waals surface area (Å²) < 4.78 is 5.19. The van der Waals surface area contributed by atoms with E-state index in [0.717, 1.165) is 12.8 Å². The van der Waals surface area contributed by atoms with E-state index in [1.165, 1.54) is 0 Å². The molecule has 0 spiro atoms. The van der Waals surface area contributed by atoms with E-state index in [1.54, 1.807) is 7.11 Å². The molecule has 0 aromatic heterocycles. The Labute approximate surface area is 62.4 Å². The number of ether oxygens (including phenoxy) is 1. The predicted molar refractivity (Wildman–Crippen MR) is 40.5 cm³/mol. The molecule has 0 aliphatic heterocycles. The molecule has 0 bridgehead atoms. The highest BCUT2D eigenvalue weighted by atomic mass is 16.6. The quantitative estimate of drug-likeness (QED) is 0.467. The molecule has 3 heteroatoms. The highest BCUT2D eigenvalue weighted by molar-refractivity contribution is 4.66. The largest absolute Gasteiger partial charge is 0.379 e. The molecule has 0 amide bonds. The second-order valence-corrected chi connectivity index (χ2v) is 2.94. The van der Waals surface area contributed by atoms with Gasteiger partial charge in [-0.15, -0.1) is 0 Å². The second-order valence-electron chi connectivity index (χ2n) is 2.94. The predicted octanol–water partition coefficient (Wildman–Crippen LogP) is 1.08. The number of hydrogen-bond donors (Lipinski definition) is 1. The van der Waals surface area contributed by atoms with E-state index in [0.29, 0.717) is 6.61 Å². The summed E-state index contributed by atoms with van der Waals surface area (Å²) in [7, 11) is 1.71. The number of nitrogens with two attached hydrogens (primary N) is 1. The Kier molecular flexibility index (Phi) is 4.60. The van der Waals surface area contributed by atoms with E-state index in [4.69, 9.17) is 10.6 Å². The standard InChI is InChI=1S/C7H17NO2/c1-7(2,9-3)5-4-6-10-8/h4-6,8H2,1-3H3. The van der Waals surface area contributed by atoms with Crippen LogP contribution in [0.3, 0.4) is 0 Å². The fourth-order valence-corrected chi connectivity index (χ4v) is 0.683. The van der Waals surface area contributed by atoms with Crippen molar-refractivity contribution in [2.24, 2.45) is 5.90 Å². The zero-order valence-electron chi connectivity index (χ0n) is 7.02. The van der Waals surface area contributed by atoms with Crippen LogP contribution in [-0.2, 0) is 9.57 Å². The van der Waals surface area contributed by atoms with E-state index < -0.39 is 0 Å². The third-order valence-electron chi connectivity index (χ3n) is 1.59. The van der Waals surface area contributed by atoms with Gasteiger partial charge in [-0.05, 0) is 26.7 Å². The summed E-state index contributed by atoms with van der Waals surface area (Å²) in [6, 6.07) is 0. The van der Waals surface area contributed by atoms with Crippen LogP contribution in [0.25, 0.3) is 0 Å². The summed E-state index contributed by atoms with van der Waals surface area (Å²) in [5.41, 5.74) is -0.0431. The second kappa shape index (κ2) is 4.66. The maximum Gasteiger partial charge on any atom is 0.0680 e. The molecule has 0 unspecified atom stereocenters. The van der Waals surface area contributed by atoms with Crippen molar-refractivity contribution in [1.29, 1.82) is 0 Å². The molecule has 0 rings (SSSR count). The molecule has 10 heavy (non-hydrogen) atoms. The van der Waals surface area contributed by atoms with E-state index in [1.807, 2.05) is 13.8 Å². The minimum absolute atomic E-state index is 0.0431. The third-order valence-corrected chi connectivity index (χ3v) is 1.59. The highest BCUT2D eigenvalue weighted by Crippen LogP contribution is 2.14. The highest BCUT2D eigenvalue weighted by Gasteiger charge is 2.14. The average Bonchev–Trinajstić information content (AvgIpc) is 1.89. The van der Waals surface area contributed by atoms with Gasteiger partial charge in [0.2, 0.25) is 0 Å². The zero-order valence-corrected chi connectivity index (χ0v) is 7.02. The Balaban J connectivity index is 3.28. The van der Waals surface area contributed by atoms with Crippen molar-refractivity contribution < 1.29 is 9.57 Å². The fraction of sp³-hybridized carbons (Fsp3) is 1.00. The lowest BCUT2D eigenvalue weighted by atomic mass is 10.0. The van der Waals surface area contributed by atoms with Crippen LogP contribution in [0.2, 0.25) is 0 Å². The number of hydrogen-bond acceptors (Lipinski definition) is 3. The average molecular weight is 147 g/mol. The summed E-state index contributed by atoms with van der Waals surface area (Å²) in [5, 5.41) is 0. The van der Waals surface area contributed by atoms with E-state index in [-0.39, 0.29) is 5.60 Å². The molecule has 0 heterocycles. The summed E-state index contributed by atoms with van der Waals surface area (Å²) >= 11 is 0. The van der Waals surface area contributed by atoms with Crippen LogP contribution in [0, 0.1) is 0 Å². The van der Waals surface area contributed by atoms with Crippen LogP contribution in [0.1, 0.15) is 26.7 Å². The van der Waals surface area contributed by atoms with Crippen molar-refractivity contribution in [3.63, 3.8) is 0 Å². The van der Waals surface area contributed by atoms with Crippen molar-refractivity contribution in [1.82, 2.24) is 0 Å². The Bertz CT molecular complexity index is 83.7. The first kappa shape index (κ1) is 9.88. The normalized spacial score (nSPS) is 12.0. The zero-order chi connectivity index (χ0) is 8.04. The van der Waals surface area contributed by atoms with Crippen molar-refractivity contribution in [2.75, 3.05) is 13.7 Å². The maximum absolute atomic E-state index is 5.19. The Hall–Kier alpha value is -0.120. The molecule has 0 saturated heterocycles. The Morgan fingerprint density at radius 3 is 2.40 bits per heavy atom. The molecule has 0 fully saturated rings. The van der Waals surface area contributed by atoms with Crippen LogP contribution in [0.4, 0.5) is 0 Å². The third kappa shape index (κ3) is 4.73. The fourth-order valence-electron chi connectivity index (χ4n) is 0.683. The van der Waals surface area contributed by atoms with Gasteiger partial charge >= 0.3 is 0 Å². The van der Waals surface area contributed by atoms with Gasteiger partial charge in [-0.25, -0.2) is 5.90 Å². The molecule has 62 valence electrons. The van der Waals surface area contributed by atoms with Crippen LogP contribution in [-0.4, -0.2) is 19.3 Å². The lowest BCUT2D eigenvalue weighted by Crippen LogP contribution is -2.22. The van der Waals surface area contributed by atoms with Crippen LogP contribution >= 0.6 is 0 Å². The van der Waals surface area contributed by atoms with Gasteiger partial charge < -0.3 is 9.57 Å².